The largest absolute Gasteiger partial charge is 0.396 e. The molecule has 104 valence electrons. The van der Waals surface area contributed by atoms with Gasteiger partial charge in [0.25, 0.3) is 0 Å². The molecular formula is C14H27N3O. The first-order valence-electron chi connectivity index (χ1n) is 6.92. The number of nitrogens with one attached hydrogen (secondary N) is 1. The van der Waals surface area contributed by atoms with Gasteiger partial charge in [0.15, 0.2) is 0 Å². The maximum absolute atomic E-state index is 8.85. The number of hydrogen-bond acceptors (Lipinski definition) is 3. The predicted molar refractivity (Wildman–Crippen MR) is 74.7 cm³/mol. The molecule has 0 saturated heterocycles. The van der Waals surface area contributed by atoms with Crippen LogP contribution in [-0.4, -0.2) is 27.5 Å². The van der Waals surface area contributed by atoms with Crippen LogP contribution in [0.4, 0.5) is 0 Å². The summed E-state index contributed by atoms with van der Waals surface area (Å²) in [4.78, 5) is 0. The maximum atomic E-state index is 8.85. The van der Waals surface area contributed by atoms with E-state index in [0.717, 1.165) is 25.1 Å². The molecule has 0 bridgehead atoms. The Labute approximate surface area is 110 Å². The predicted octanol–water partition coefficient (Wildman–Crippen LogP) is 2.33. The lowest BCUT2D eigenvalue weighted by Gasteiger charge is -2.20. The van der Waals surface area contributed by atoms with E-state index >= 15 is 0 Å². The van der Waals surface area contributed by atoms with Gasteiger partial charge in [0, 0.05) is 36.5 Å². The van der Waals surface area contributed by atoms with Crippen LogP contribution in [0.15, 0.2) is 0 Å². The summed E-state index contributed by atoms with van der Waals surface area (Å²) in [5.41, 5.74) is 3.68. The van der Waals surface area contributed by atoms with Gasteiger partial charge < -0.3 is 10.4 Å². The molecule has 4 heteroatoms. The number of nitrogens with zero attached hydrogens (tertiary/aromatic N) is 2. The second-order valence-electron chi connectivity index (χ2n) is 5.06. The molecule has 2 N–H and O–H groups in total. The van der Waals surface area contributed by atoms with Crippen molar-refractivity contribution in [2.75, 3.05) is 6.61 Å². The lowest BCUT2D eigenvalue weighted by Crippen LogP contribution is -2.29. The summed E-state index contributed by atoms with van der Waals surface area (Å²) in [7, 11) is 0. The van der Waals surface area contributed by atoms with Crippen LogP contribution in [0.5, 0.6) is 0 Å². The first-order chi connectivity index (χ1) is 8.51. The number of aliphatic hydroxyl groups excluding tert-OH is 1. The molecule has 4 nitrogen and oxygen atoms in total. The van der Waals surface area contributed by atoms with Gasteiger partial charge in [-0.15, -0.1) is 0 Å². The van der Waals surface area contributed by atoms with E-state index in [1.165, 1.54) is 11.3 Å². The Hall–Kier alpha value is -0.870. The summed E-state index contributed by atoms with van der Waals surface area (Å²) >= 11 is 0. The lowest BCUT2D eigenvalue weighted by atomic mass is 10.0. The minimum absolute atomic E-state index is 0.270. The highest BCUT2D eigenvalue weighted by atomic mass is 16.2. The molecule has 1 aromatic heterocycles. The van der Waals surface area contributed by atoms with Crippen LogP contribution in [-0.2, 0) is 6.54 Å². The number of aryl methyl sites for hydroxylation is 2. The van der Waals surface area contributed by atoms with Crippen molar-refractivity contribution in [1.82, 2.24) is 15.1 Å². The molecule has 0 aliphatic heterocycles. The Morgan fingerprint density at radius 3 is 2.50 bits per heavy atom. The van der Waals surface area contributed by atoms with Gasteiger partial charge in [-0.25, -0.2) is 0 Å². The molecule has 0 aromatic carbocycles. The standard InChI is InChI=1S/C14H27N3O/c1-6-17-13(5)14(12(4)16-17)11(3)15-10(2)8-7-9-18/h10-11,15,18H,6-9H2,1-5H3. The number of aliphatic hydroxyl groups is 1. The van der Waals surface area contributed by atoms with Crippen molar-refractivity contribution >= 4 is 0 Å². The van der Waals surface area contributed by atoms with Crippen LogP contribution in [0.2, 0.25) is 0 Å². The zero-order valence-electron chi connectivity index (χ0n) is 12.3. The summed E-state index contributed by atoms with van der Waals surface area (Å²) in [6.07, 6.45) is 1.86. The van der Waals surface area contributed by atoms with Crippen LogP contribution < -0.4 is 5.32 Å². The fraction of sp³-hybridized carbons (Fsp3) is 0.786. The minimum Gasteiger partial charge on any atom is -0.396 e. The zero-order valence-corrected chi connectivity index (χ0v) is 12.3. The van der Waals surface area contributed by atoms with Crippen molar-refractivity contribution in [1.29, 1.82) is 0 Å². The van der Waals surface area contributed by atoms with Gasteiger partial charge in [-0.3, -0.25) is 4.68 Å². The highest BCUT2D eigenvalue weighted by Crippen LogP contribution is 2.22. The van der Waals surface area contributed by atoms with Crippen molar-refractivity contribution in [2.45, 2.75) is 66.1 Å². The third-order valence-corrected chi connectivity index (χ3v) is 3.50. The van der Waals surface area contributed by atoms with Gasteiger partial charge in [-0.2, -0.15) is 5.10 Å². The molecule has 1 rings (SSSR count). The Morgan fingerprint density at radius 1 is 1.33 bits per heavy atom. The van der Waals surface area contributed by atoms with Gasteiger partial charge in [-0.05, 0) is 47.5 Å². The van der Waals surface area contributed by atoms with Crippen molar-refractivity contribution in [2.24, 2.45) is 0 Å². The van der Waals surface area contributed by atoms with Crippen LogP contribution in [0, 0.1) is 13.8 Å². The van der Waals surface area contributed by atoms with E-state index < -0.39 is 0 Å². The first-order valence-corrected chi connectivity index (χ1v) is 6.92. The summed E-state index contributed by atoms with van der Waals surface area (Å²) in [6.45, 7) is 11.9. The Morgan fingerprint density at radius 2 is 2.00 bits per heavy atom. The number of rotatable bonds is 7. The monoisotopic (exact) mass is 253 g/mol. The van der Waals surface area contributed by atoms with Crippen LogP contribution in [0.25, 0.3) is 0 Å². The summed E-state index contributed by atoms with van der Waals surface area (Å²) in [5.74, 6) is 0. The average molecular weight is 253 g/mol. The zero-order chi connectivity index (χ0) is 13.7. The highest BCUT2D eigenvalue weighted by molar-refractivity contribution is 5.27. The van der Waals surface area contributed by atoms with Crippen molar-refractivity contribution in [3.05, 3.63) is 17.0 Å². The van der Waals surface area contributed by atoms with E-state index in [1.54, 1.807) is 0 Å². The van der Waals surface area contributed by atoms with Crippen LogP contribution in [0.3, 0.4) is 0 Å². The number of hydrogen-bond donors (Lipinski definition) is 2. The molecule has 18 heavy (non-hydrogen) atoms. The molecule has 0 radical (unpaired) electrons. The number of aromatic nitrogens is 2. The van der Waals surface area contributed by atoms with Crippen LogP contribution >= 0.6 is 0 Å². The molecule has 2 unspecified atom stereocenters. The van der Waals surface area contributed by atoms with Crippen molar-refractivity contribution < 1.29 is 5.11 Å². The fourth-order valence-corrected chi connectivity index (χ4v) is 2.64. The molecule has 0 aliphatic rings. The van der Waals surface area contributed by atoms with E-state index in [-0.39, 0.29) is 6.61 Å². The molecular weight excluding hydrogens is 226 g/mol. The van der Waals surface area contributed by atoms with E-state index in [1.807, 2.05) is 0 Å². The highest BCUT2D eigenvalue weighted by Gasteiger charge is 2.18. The summed E-state index contributed by atoms with van der Waals surface area (Å²) in [5, 5.41) is 17.0. The van der Waals surface area contributed by atoms with E-state index in [0.29, 0.717) is 12.1 Å². The molecule has 0 amide bonds. The fourth-order valence-electron chi connectivity index (χ4n) is 2.64. The Balaban J connectivity index is 2.71. The molecule has 2 atom stereocenters. The smallest absolute Gasteiger partial charge is 0.0644 e. The molecule has 1 aromatic rings. The van der Waals surface area contributed by atoms with Crippen molar-refractivity contribution in [3.63, 3.8) is 0 Å². The Kier molecular flexibility index (Phi) is 5.82. The minimum atomic E-state index is 0.270. The summed E-state index contributed by atoms with van der Waals surface area (Å²) in [6, 6.07) is 0.718. The molecule has 1 heterocycles. The lowest BCUT2D eigenvalue weighted by molar-refractivity contribution is 0.274. The van der Waals surface area contributed by atoms with E-state index in [2.05, 4.69) is 49.7 Å². The molecule has 0 spiro atoms. The molecule has 0 fully saturated rings. The molecule has 0 saturated carbocycles. The van der Waals surface area contributed by atoms with Gasteiger partial charge >= 0.3 is 0 Å². The second-order valence-corrected chi connectivity index (χ2v) is 5.06. The normalized spacial score (nSPS) is 14.8. The Bertz CT molecular complexity index is 373. The van der Waals surface area contributed by atoms with E-state index in [4.69, 9.17) is 5.11 Å². The van der Waals surface area contributed by atoms with Gasteiger partial charge in [0.2, 0.25) is 0 Å². The van der Waals surface area contributed by atoms with Gasteiger partial charge in [0.05, 0.1) is 5.69 Å². The van der Waals surface area contributed by atoms with Gasteiger partial charge in [-0.1, -0.05) is 0 Å². The SMILES string of the molecule is CCn1nc(C)c(C(C)NC(C)CCCO)c1C. The van der Waals surface area contributed by atoms with Gasteiger partial charge in [0.1, 0.15) is 0 Å². The maximum Gasteiger partial charge on any atom is 0.0644 e. The third-order valence-electron chi connectivity index (χ3n) is 3.50. The van der Waals surface area contributed by atoms with Crippen molar-refractivity contribution in [3.8, 4) is 0 Å². The topological polar surface area (TPSA) is 50.1 Å². The second kappa shape index (κ2) is 6.90. The van der Waals surface area contributed by atoms with Crippen LogP contribution in [0.1, 0.15) is 56.6 Å². The summed E-state index contributed by atoms with van der Waals surface area (Å²) < 4.78 is 2.06. The van der Waals surface area contributed by atoms with E-state index in [9.17, 15) is 0 Å². The quantitative estimate of drug-likeness (QED) is 0.784. The third kappa shape index (κ3) is 3.56. The average Bonchev–Trinajstić information content (AvgIpc) is 2.61. The first kappa shape index (κ1) is 15.2. The molecule has 0 aliphatic carbocycles.